The van der Waals surface area contributed by atoms with Gasteiger partial charge in [0.2, 0.25) is 0 Å². The minimum Gasteiger partial charge on any atom is -0.464 e. The fourth-order valence-electron chi connectivity index (χ4n) is 3.49. The summed E-state index contributed by atoms with van der Waals surface area (Å²) in [5, 5.41) is 8.47. The Bertz CT molecular complexity index is 1100. The molecule has 0 bridgehead atoms. The molecule has 0 N–H and O–H groups in total. The first-order valence-corrected chi connectivity index (χ1v) is 9.79. The number of aryl methyl sites for hydroxylation is 2. The molecule has 0 atom stereocenters. The van der Waals surface area contributed by atoms with Gasteiger partial charge in [0, 0.05) is 12.6 Å². The van der Waals surface area contributed by atoms with Crippen LogP contribution in [0.15, 0.2) is 33.6 Å². The number of fused-ring (bicyclic) bond motifs is 1. The SMILES string of the molecule is CCc1ccc(CN(Cn2nc(C(=O)OC)c3c(C)onc3c2=O)C2CC2)cc1. The van der Waals surface area contributed by atoms with Crippen molar-refractivity contribution in [3.8, 4) is 0 Å². The Balaban J connectivity index is 1.68. The van der Waals surface area contributed by atoms with Crippen molar-refractivity contribution in [1.29, 1.82) is 0 Å². The van der Waals surface area contributed by atoms with Crippen molar-refractivity contribution in [2.45, 2.75) is 52.4 Å². The molecule has 0 unspecified atom stereocenters. The van der Waals surface area contributed by atoms with E-state index in [1.807, 2.05) is 0 Å². The van der Waals surface area contributed by atoms with Gasteiger partial charge in [-0.2, -0.15) is 5.10 Å². The maximum Gasteiger partial charge on any atom is 0.359 e. The topological polar surface area (TPSA) is 90.5 Å². The van der Waals surface area contributed by atoms with Crippen LogP contribution in [-0.4, -0.2) is 39.0 Å². The minimum atomic E-state index is -0.622. The second kappa shape index (κ2) is 7.79. The molecule has 4 rings (SSSR count). The molecule has 0 spiro atoms. The summed E-state index contributed by atoms with van der Waals surface area (Å²) in [6, 6.07) is 8.89. The lowest BCUT2D eigenvalue weighted by molar-refractivity contribution is 0.0591. The van der Waals surface area contributed by atoms with E-state index in [0.29, 0.717) is 23.7 Å². The summed E-state index contributed by atoms with van der Waals surface area (Å²) in [4.78, 5) is 27.4. The molecule has 0 amide bonds. The lowest BCUT2D eigenvalue weighted by Crippen LogP contribution is -2.36. The summed E-state index contributed by atoms with van der Waals surface area (Å²) < 4.78 is 11.3. The predicted molar refractivity (Wildman–Crippen MR) is 107 cm³/mol. The van der Waals surface area contributed by atoms with Crippen LogP contribution in [0.4, 0.5) is 0 Å². The number of ether oxygens (including phenoxy) is 1. The Morgan fingerprint density at radius 1 is 1.28 bits per heavy atom. The maximum atomic E-state index is 12.9. The quantitative estimate of drug-likeness (QED) is 0.567. The van der Waals surface area contributed by atoms with Crippen LogP contribution in [0.2, 0.25) is 0 Å². The summed E-state index contributed by atoms with van der Waals surface area (Å²) in [5.41, 5.74) is 2.23. The number of hydrogen-bond acceptors (Lipinski definition) is 7. The molecule has 2 aromatic heterocycles. The third kappa shape index (κ3) is 3.80. The second-order valence-corrected chi connectivity index (χ2v) is 7.40. The van der Waals surface area contributed by atoms with Crippen molar-refractivity contribution < 1.29 is 14.1 Å². The molecule has 152 valence electrons. The number of aromatic nitrogens is 3. The summed E-state index contributed by atoms with van der Waals surface area (Å²) in [6.07, 6.45) is 3.16. The number of hydrogen-bond donors (Lipinski definition) is 0. The summed E-state index contributed by atoms with van der Waals surface area (Å²) in [7, 11) is 1.28. The fourth-order valence-corrected chi connectivity index (χ4v) is 3.49. The van der Waals surface area contributed by atoms with E-state index < -0.39 is 5.97 Å². The largest absolute Gasteiger partial charge is 0.464 e. The van der Waals surface area contributed by atoms with Crippen molar-refractivity contribution in [3.63, 3.8) is 0 Å². The normalized spacial score (nSPS) is 13.9. The van der Waals surface area contributed by atoms with Crippen molar-refractivity contribution in [1.82, 2.24) is 19.8 Å². The van der Waals surface area contributed by atoms with Crippen molar-refractivity contribution >= 4 is 16.9 Å². The van der Waals surface area contributed by atoms with Gasteiger partial charge in [0.1, 0.15) is 5.76 Å². The fraction of sp³-hybridized carbons (Fsp3) is 0.429. The number of esters is 1. The van der Waals surface area contributed by atoms with E-state index in [1.165, 1.54) is 22.9 Å². The van der Waals surface area contributed by atoms with E-state index in [9.17, 15) is 9.59 Å². The summed E-state index contributed by atoms with van der Waals surface area (Å²) in [5.74, 6) is -0.254. The molecular weight excluding hydrogens is 372 g/mol. The molecular formula is C21H24N4O4. The van der Waals surface area contributed by atoms with E-state index in [4.69, 9.17) is 9.26 Å². The average molecular weight is 396 g/mol. The van der Waals surface area contributed by atoms with Crippen molar-refractivity contribution in [2.24, 2.45) is 0 Å². The van der Waals surface area contributed by atoms with E-state index in [0.717, 1.165) is 19.3 Å². The Morgan fingerprint density at radius 3 is 2.59 bits per heavy atom. The molecule has 1 aromatic carbocycles. The average Bonchev–Trinajstić information content (AvgIpc) is 3.52. The second-order valence-electron chi connectivity index (χ2n) is 7.40. The molecule has 0 aliphatic heterocycles. The zero-order valence-electron chi connectivity index (χ0n) is 16.8. The molecule has 0 saturated heterocycles. The highest BCUT2D eigenvalue weighted by Gasteiger charge is 2.31. The van der Waals surface area contributed by atoms with Crippen LogP contribution in [0.3, 0.4) is 0 Å². The van der Waals surface area contributed by atoms with Gasteiger partial charge in [0.15, 0.2) is 11.2 Å². The molecule has 8 nitrogen and oxygen atoms in total. The Morgan fingerprint density at radius 2 is 1.97 bits per heavy atom. The van der Waals surface area contributed by atoms with Gasteiger partial charge < -0.3 is 9.26 Å². The van der Waals surface area contributed by atoms with Crippen LogP contribution in [0.5, 0.6) is 0 Å². The lowest BCUT2D eigenvalue weighted by Gasteiger charge is -2.22. The lowest BCUT2D eigenvalue weighted by atomic mass is 10.1. The van der Waals surface area contributed by atoms with E-state index >= 15 is 0 Å². The van der Waals surface area contributed by atoms with E-state index in [-0.39, 0.29) is 23.4 Å². The van der Waals surface area contributed by atoms with Crippen LogP contribution in [0.1, 0.15) is 47.1 Å². The summed E-state index contributed by atoms with van der Waals surface area (Å²) in [6.45, 7) is 4.74. The van der Waals surface area contributed by atoms with Crippen LogP contribution in [-0.2, 0) is 24.4 Å². The third-order valence-corrected chi connectivity index (χ3v) is 5.33. The van der Waals surface area contributed by atoms with Gasteiger partial charge in [0.05, 0.1) is 19.2 Å². The number of carbonyl (C=O) groups is 1. The molecule has 3 aromatic rings. The van der Waals surface area contributed by atoms with Gasteiger partial charge >= 0.3 is 5.97 Å². The summed E-state index contributed by atoms with van der Waals surface area (Å²) >= 11 is 0. The minimum absolute atomic E-state index is 0.0453. The molecule has 1 fully saturated rings. The first kappa shape index (κ1) is 19.3. The van der Waals surface area contributed by atoms with E-state index in [1.54, 1.807) is 6.92 Å². The standard InChI is InChI=1S/C21H24N4O4/c1-4-14-5-7-15(8-6-14)11-24(16-9-10-16)12-25-20(26)18-17(13(2)29-23-18)19(22-25)21(27)28-3/h5-8,16H,4,9-12H2,1-3H3. The number of methoxy groups -OCH3 is 1. The number of rotatable bonds is 7. The monoisotopic (exact) mass is 396 g/mol. The number of carbonyl (C=O) groups excluding carboxylic acids is 1. The van der Waals surface area contributed by atoms with Gasteiger partial charge in [-0.1, -0.05) is 36.3 Å². The highest BCUT2D eigenvalue weighted by molar-refractivity contribution is 6.01. The van der Waals surface area contributed by atoms with Gasteiger partial charge in [0.25, 0.3) is 5.56 Å². The van der Waals surface area contributed by atoms with Crippen molar-refractivity contribution in [3.05, 3.63) is 57.2 Å². The molecule has 1 saturated carbocycles. The van der Waals surface area contributed by atoms with Gasteiger partial charge in [-0.3, -0.25) is 9.69 Å². The highest BCUT2D eigenvalue weighted by atomic mass is 16.5. The number of nitrogens with zero attached hydrogens (tertiary/aromatic N) is 4. The maximum absolute atomic E-state index is 12.9. The predicted octanol–water partition coefficient (Wildman–Crippen LogP) is 2.66. The van der Waals surface area contributed by atoms with Gasteiger partial charge in [-0.25, -0.2) is 9.48 Å². The van der Waals surface area contributed by atoms with Crippen LogP contribution >= 0.6 is 0 Å². The van der Waals surface area contributed by atoms with E-state index in [2.05, 4.69) is 46.3 Å². The smallest absolute Gasteiger partial charge is 0.359 e. The zero-order valence-corrected chi connectivity index (χ0v) is 16.8. The molecule has 2 heterocycles. The first-order chi connectivity index (χ1) is 14.0. The Labute approximate surface area is 168 Å². The van der Waals surface area contributed by atoms with Crippen LogP contribution in [0, 0.1) is 6.92 Å². The third-order valence-electron chi connectivity index (χ3n) is 5.33. The molecule has 0 radical (unpaired) electrons. The number of benzene rings is 1. The first-order valence-electron chi connectivity index (χ1n) is 9.79. The zero-order chi connectivity index (χ0) is 20.5. The van der Waals surface area contributed by atoms with Crippen molar-refractivity contribution in [2.75, 3.05) is 7.11 Å². The molecule has 8 heteroatoms. The highest BCUT2D eigenvalue weighted by Crippen LogP contribution is 2.29. The Hall–Kier alpha value is -3.00. The Kier molecular flexibility index (Phi) is 5.19. The van der Waals surface area contributed by atoms with Gasteiger partial charge in [-0.15, -0.1) is 0 Å². The van der Waals surface area contributed by atoms with Crippen LogP contribution < -0.4 is 5.56 Å². The van der Waals surface area contributed by atoms with Crippen LogP contribution in [0.25, 0.3) is 10.9 Å². The van der Waals surface area contributed by atoms with Gasteiger partial charge in [-0.05, 0) is 37.3 Å². The molecule has 29 heavy (non-hydrogen) atoms. The molecule has 1 aliphatic rings. The molecule has 1 aliphatic carbocycles.